The third-order valence-corrected chi connectivity index (χ3v) is 3.62. The second-order valence-corrected chi connectivity index (χ2v) is 5.68. The first-order chi connectivity index (χ1) is 8.20. The smallest absolute Gasteiger partial charge is 0.0771 e. The number of nitrogens with one attached hydrogen (secondary N) is 2. The van der Waals surface area contributed by atoms with Crippen LogP contribution in [0.15, 0.2) is 0 Å². The fourth-order valence-corrected chi connectivity index (χ4v) is 2.31. The van der Waals surface area contributed by atoms with Gasteiger partial charge < -0.3 is 43.8 Å². The number of unbranched alkanes of at least 4 members (excludes halogenated alkanes) is 2. The van der Waals surface area contributed by atoms with Crippen molar-refractivity contribution in [3.05, 3.63) is 0 Å². The number of rotatable bonds is 2. The first-order valence-electron chi connectivity index (χ1n) is 7.83. The van der Waals surface area contributed by atoms with E-state index in [0.717, 1.165) is 0 Å². The monoisotopic (exact) mass is 402 g/mol. The minimum absolute atomic E-state index is 0. The van der Waals surface area contributed by atoms with Gasteiger partial charge in [0.2, 0.25) is 0 Å². The molecule has 0 spiro atoms. The highest BCUT2D eigenvalue weighted by Crippen LogP contribution is 1.88. The van der Waals surface area contributed by atoms with Gasteiger partial charge in [0.05, 0.1) is 40.3 Å². The molecule has 2 aliphatic rings. The van der Waals surface area contributed by atoms with Crippen molar-refractivity contribution >= 4 is 0 Å². The largest absolute Gasteiger partial charge is 1.00 e. The Kier molecular flexibility index (Phi) is 24.7. The summed E-state index contributed by atoms with van der Waals surface area (Å²) in [4.78, 5) is 3.41. The van der Waals surface area contributed by atoms with Crippen molar-refractivity contribution in [2.24, 2.45) is 0 Å². The lowest BCUT2D eigenvalue weighted by molar-refractivity contribution is -0.866. The third-order valence-electron chi connectivity index (χ3n) is 3.62. The first kappa shape index (κ1) is 24.9. The summed E-state index contributed by atoms with van der Waals surface area (Å²) in [5, 5.41) is 0. The molecular formula is C15H36Br2N2. The summed E-state index contributed by atoms with van der Waals surface area (Å²) in [5.74, 6) is 0. The first-order valence-corrected chi connectivity index (χ1v) is 7.83. The van der Waals surface area contributed by atoms with Crippen LogP contribution >= 0.6 is 0 Å². The number of halogens is 2. The molecule has 0 amide bonds. The average Bonchev–Trinajstić information content (AvgIpc) is 2.95. The quantitative estimate of drug-likeness (QED) is 0.456. The van der Waals surface area contributed by atoms with Gasteiger partial charge in [0.25, 0.3) is 0 Å². The maximum Gasteiger partial charge on any atom is 0.0771 e. The van der Waals surface area contributed by atoms with E-state index in [9.17, 15) is 0 Å². The van der Waals surface area contributed by atoms with Crippen molar-refractivity contribution < 1.29 is 43.8 Å². The normalized spacial score (nSPS) is 18.3. The Morgan fingerprint density at radius 3 is 0.947 bits per heavy atom. The summed E-state index contributed by atoms with van der Waals surface area (Å²) in [7, 11) is 4.51. The van der Waals surface area contributed by atoms with Crippen LogP contribution in [0.25, 0.3) is 0 Å². The molecule has 2 N–H and O–H groups in total. The van der Waals surface area contributed by atoms with Crippen LogP contribution in [-0.2, 0) is 0 Å². The Labute approximate surface area is 142 Å². The molecule has 0 unspecified atom stereocenters. The zero-order chi connectivity index (χ0) is 12.9. The highest BCUT2D eigenvalue weighted by atomic mass is 79.9. The van der Waals surface area contributed by atoms with Crippen LogP contribution in [0.5, 0.6) is 0 Å². The van der Waals surface area contributed by atoms with Gasteiger partial charge in [0.15, 0.2) is 0 Å². The van der Waals surface area contributed by atoms with Crippen LogP contribution < -0.4 is 43.8 Å². The maximum atomic E-state index is 2.26. The lowest BCUT2D eigenvalue weighted by Gasteiger charge is -1.98. The fraction of sp³-hybridized carbons (Fsp3) is 1.00. The topological polar surface area (TPSA) is 8.88 Å². The molecule has 2 rings (SSSR count). The van der Waals surface area contributed by atoms with E-state index in [0.29, 0.717) is 0 Å². The van der Waals surface area contributed by atoms with Crippen molar-refractivity contribution in [2.45, 2.75) is 58.8 Å². The molecule has 19 heavy (non-hydrogen) atoms. The summed E-state index contributed by atoms with van der Waals surface area (Å²) in [6.45, 7) is 10.0. The molecule has 2 saturated heterocycles. The Hall–Kier alpha value is 0.880. The van der Waals surface area contributed by atoms with Crippen LogP contribution in [0.4, 0.5) is 0 Å². The second kappa shape index (κ2) is 18.9. The van der Waals surface area contributed by atoms with Gasteiger partial charge in [-0.05, 0) is 0 Å². The third kappa shape index (κ3) is 18.9. The standard InChI is InChI=1S/2C5H11N.C5H12.2BrH/c2*1-6-4-2-3-5-6;1-3-5-4-2;;/h2*2-5H2,1H3;3-5H2,1-2H3;2*1H. The summed E-state index contributed by atoms with van der Waals surface area (Å²) < 4.78 is 0. The molecule has 4 heteroatoms. The molecule has 0 saturated carbocycles. The summed E-state index contributed by atoms with van der Waals surface area (Å²) in [5.41, 5.74) is 0. The van der Waals surface area contributed by atoms with Gasteiger partial charge in [-0.2, -0.15) is 0 Å². The van der Waals surface area contributed by atoms with E-state index in [2.05, 4.69) is 27.9 Å². The van der Waals surface area contributed by atoms with Gasteiger partial charge in [0, 0.05) is 25.7 Å². The number of hydrogen-bond acceptors (Lipinski definition) is 0. The molecule has 0 aromatic heterocycles. The number of likely N-dealkylation sites (tertiary alicyclic amines) is 2. The molecule has 0 radical (unpaired) electrons. The van der Waals surface area contributed by atoms with Crippen LogP contribution in [-0.4, -0.2) is 40.3 Å². The van der Waals surface area contributed by atoms with Crippen LogP contribution in [0, 0.1) is 0 Å². The van der Waals surface area contributed by atoms with Crippen LogP contribution in [0.1, 0.15) is 58.8 Å². The molecule has 0 aliphatic carbocycles. The fourth-order valence-electron chi connectivity index (χ4n) is 2.31. The summed E-state index contributed by atoms with van der Waals surface area (Å²) in [6.07, 6.45) is 9.88. The Morgan fingerprint density at radius 2 is 0.895 bits per heavy atom. The minimum Gasteiger partial charge on any atom is -1.00 e. The number of hydrogen-bond donors (Lipinski definition) is 2. The predicted octanol–water partition coefficient (Wildman–Crippen LogP) is -5.21. The Bertz CT molecular complexity index is 129. The van der Waals surface area contributed by atoms with Crippen molar-refractivity contribution in [1.82, 2.24) is 0 Å². The summed E-state index contributed by atoms with van der Waals surface area (Å²) >= 11 is 0. The van der Waals surface area contributed by atoms with Gasteiger partial charge >= 0.3 is 0 Å². The van der Waals surface area contributed by atoms with Crippen LogP contribution in [0.2, 0.25) is 0 Å². The van der Waals surface area contributed by atoms with Gasteiger partial charge in [-0.15, -0.1) is 0 Å². The summed E-state index contributed by atoms with van der Waals surface area (Å²) in [6, 6.07) is 0. The van der Waals surface area contributed by atoms with Crippen molar-refractivity contribution in [3.63, 3.8) is 0 Å². The van der Waals surface area contributed by atoms with E-state index in [1.54, 1.807) is 9.80 Å². The van der Waals surface area contributed by atoms with E-state index >= 15 is 0 Å². The minimum atomic E-state index is 0. The Balaban J connectivity index is -0.000000193. The van der Waals surface area contributed by atoms with E-state index in [1.165, 1.54) is 71.1 Å². The molecule has 2 nitrogen and oxygen atoms in total. The van der Waals surface area contributed by atoms with E-state index in [1.807, 2.05) is 0 Å². The zero-order valence-electron chi connectivity index (χ0n) is 13.5. The number of quaternary nitrogens is 2. The molecule has 0 atom stereocenters. The van der Waals surface area contributed by atoms with E-state index in [4.69, 9.17) is 0 Å². The van der Waals surface area contributed by atoms with E-state index in [-0.39, 0.29) is 34.0 Å². The lowest BCUT2D eigenvalue weighted by Crippen LogP contribution is -3.06. The lowest BCUT2D eigenvalue weighted by atomic mass is 10.3. The molecule has 2 aliphatic heterocycles. The second-order valence-electron chi connectivity index (χ2n) is 5.68. The van der Waals surface area contributed by atoms with Gasteiger partial charge in [-0.1, -0.05) is 33.1 Å². The molecule has 2 heterocycles. The van der Waals surface area contributed by atoms with Crippen LogP contribution in [0.3, 0.4) is 0 Å². The molecule has 0 aromatic carbocycles. The molecule has 120 valence electrons. The maximum absolute atomic E-state index is 2.26. The Morgan fingerprint density at radius 1 is 0.632 bits per heavy atom. The predicted molar refractivity (Wildman–Crippen MR) is 76.9 cm³/mol. The average molecular weight is 404 g/mol. The van der Waals surface area contributed by atoms with Gasteiger partial charge in [0.1, 0.15) is 0 Å². The highest BCUT2D eigenvalue weighted by molar-refractivity contribution is 4.41. The highest BCUT2D eigenvalue weighted by Gasteiger charge is 2.08. The SMILES string of the molecule is CCCCC.C[NH+]1CCCC1.C[NH+]1CCCC1.[Br-].[Br-]. The molecular weight excluding hydrogens is 368 g/mol. The van der Waals surface area contributed by atoms with Gasteiger partial charge in [-0.3, -0.25) is 0 Å². The van der Waals surface area contributed by atoms with Gasteiger partial charge in [-0.25, -0.2) is 0 Å². The molecule has 0 bridgehead atoms. The molecule has 2 fully saturated rings. The molecule has 0 aromatic rings. The van der Waals surface area contributed by atoms with Crippen molar-refractivity contribution in [1.29, 1.82) is 0 Å². The van der Waals surface area contributed by atoms with Crippen molar-refractivity contribution in [3.8, 4) is 0 Å². The van der Waals surface area contributed by atoms with Crippen molar-refractivity contribution in [2.75, 3.05) is 40.3 Å². The zero-order valence-corrected chi connectivity index (χ0v) is 16.7. The van der Waals surface area contributed by atoms with E-state index < -0.39 is 0 Å².